The molecule has 20 heavy (non-hydrogen) atoms. The lowest BCUT2D eigenvalue weighted by molar-refractivity contribution is -0.128. The third-order valence-corrected chi connectivity index (χ3v) is 3.56. The zero-order valence-corrected chi connectivity index (χ0v) is 11.5. The van der Waals surface area contributed by atoms with Crippen molar-refractivity contribution in [3.8, 4) is 0 Å². The smallest absolute Gasteiger partial charge is 0.242 e. The third kappa shape index (κ3) is 3.81. The van der Waals surface area contributed by atoms with Gasteiger partial charge in [-0.2, -0.15) is 0 Å². The molecule has 0 spiro atoms. The van der Waals surface area contributed by atoms with Crippen LogP contribution in [0.4, 0.5) is 0 Å². The monoisotopic (exact) mass is 275 g/mol. The van der Waals surface area contributed by atoms with E-state index in [0.29, 0.717) is 19.5 Å². The van der Waals surface area contributed by atoms with Crippen molar-refractivity contribution in [2.45, 2.75) is 38.3 Å². The Kier molecular flexibility index (Phi) is 5.12. The molecule has 4 N–H and O–H groups in total. The van der Waals surface area contributed by atoms with Gasteiger partial charge in [0.2, 0.25) is 11.8 Å². The number of carbonyl (C=O) groups excluding carboxylic acids is 2. The fraction of sp³-hybridized carbons (Fsp3) is 0.467. The van der Waals surface area contributed by atoms with E-state index in [1.54, 1.807) is 0 Å². The van der Waals surface area contributed by atoms with Crippen LogP contribution >= 0.6 is 0 Å². The molecule has 1 aliphatic rings. The van der Waals surface area contributed by atoms with Crippen LogP contribution in [0.2, 0.25) is 0 Å². The maximum Gasteiger partial charge on any atom is 0.242 e. The number of benzene rings is 1. The highest BCUT2D eigenvalue weighted by molar-refractivity contribution is 5.88. The van der Waals surface area contributed by atoms with Crippen molar-refractivity contribution in [3.05, 3.63) is 35.4 Å². The molecule has 1 heterocycles. The summed E-state index contributed by atoms with van der Waals surface area (Å²) in [6.45, 7) is 1.11. The summed E-state index contributed by atoms with van der Waals surface area (Å²) in [5, 5.41) is 5.63. The molecule has 2 amide bonds. The lowest BCUT2D eigenvalue weighted by atomic mass is 10.0. The first-order valence-electron chi connectivity index (χ1n) is 7.04. The lowest BCUT2D eigenvalue weighted by Gasteiger charge is -2.16. The summed E-state index contributed by atoms with van der Waals surface area (Å²) >= 11 is 0. The van der Waals surface area contributed by atoms with Crippen LogP contribution in [0, 0.1) is 0 Å². The van der Waals surface area contributed by atoms with Crippen LogP contribution in [-0.2, 0) is 22.6 Å². The van der Waals surface area contributed by atoms with Gasteiger partial charge < -0.3 is 16.4 Å². The van der Waals surface area contributed by atoms with Crippen LogP contribution in [0.3, 0.4) is 0 Å². The molecule has 1 saturated heterocycles. The molecule has 5 heteroatoms. The maximum absolute atomic E-state index is 12.1. The van der Waals surface area contributed by atoms with Crippen molar-refractivity contribution < 1.29 is 9.59 Å². The van der Waals surface area contributed by atoms with Crippen LogP contribution in [0.5, 0.6) is 0 Å². The third-order valence-electron chi connectivity index (χ3n) is 3.56. The van der Waals surface area contributed by atoms with Gasteiger partial charge in [-0.05, 0) is 30.4 Å². The van der Waals surface area contributed by atoms with Gasteiger partial charge in [-0.3, -0.25) is 9.59 Å². The molecule has 1 aromatic carbocycles. The normalized spacial score (nSPS) is 19.1. The SMILES string of the molecule is NCc1ccccc1CC(=O)NC1CCCCNC1=O. The van der Waals surface area contributed by atoms with Gasteiger partial charge in [-0.25, -0.2) is 0 Å². The summed E-state index contributed by atoms with van der Waals surface area (Å²) in [4.78, 5) is 23.9. The quantitative estimate of drug-likeness (QED) is 0.747. The van der Waals surface area contributed by atoms with Crippen molar-refractivity contribution in [1.29, 1.82) is 0 Å². The summed E-state index contributed by atoms with van der Waals surface area (Å²) < 4.78 is 0. The van der Waals surface area contributed by atoms with Crippen LogP contribution in [-0.4, -0.2) is 24.4 Å². The standard InChI is InChI=1S/C15H21N3O2/c16-10-12-6-2-1-5-11(12)9-14(19)18-13-7-3-4-8-17-15(13)20/h1-2,5-6,13H,3-4,7-10,16H2,(H,17,20)(H,18,19). The molecular formula is C15H21N3O2. The molecule has 1 fully saturated rings. The molecular weight excluding hydrogens is 254 g/mol. The number of rotatable bonds is 4. The predicted octanol–water partition coefficient (Wildman–Crippen LogP) is 0.473. The Balaban J connectivity index is 1.96. The second-order valence-corrected chi connectivity index (χ2v) is 5.06. The molecule has 5 nitrogen and oxygen atoms in total. The van der Waals surface area contributed by atoms with E-state index in [1.807, 2.05) is 24.3 Å². The Bertz CT molecular complexity index is 488. The first-order valence-corrected chi connectivity index (χ1v) is 7.04. The lowest BCUT2D eigenvalue weighted by Crippen LogP contribution is -2.46. The number of amides is 2. The zero-order valence-electron chi connectivity index (χ0n) is 11.5. The average molecular weight is 275 g/mol. The molecule has 1 aromatic rings. The highest BCUT2D eigenvalue weighted by Crippen LogP contribution is 2.10. The molecule has 0 aliphatic carbocycles. The van der Waals surface area contributed by atoms with Crippen molar-refractivity contribution >= 4 is 11.8 Å². The predicted molar refractivity (Wildman–Crippen MR) is 76.8 cm³/mol. The van der Waals surface area contributed by atoms with Crippen molar-refractivity contribution in [2.75, 3.05) is 6.54 Å². The Hall–Kier alpha value is -1.88. The fourth-order valence-electron chi connectivity index (χ4n) is 2.42. The van der Waals surface area contributed by atoms with Gasteiger partial charge in [0.05, 0.1) is 6.42 Å². The average Bonchev–Trinajstić information content (AvgIpc) is 2.65. The minimum Gasteiger partial charge on any atom is -0.354 e. The molecule has 0 radical (unpaired) electrons. The van der Waals surface area contributed by atoms with E-state index >= 15 is 0 Å². The molecule has 1 atom stereocenters. The Labute approximate surface area is 118 Å². The summed E-state index contributed by atoms with van der Waals surface area (Å²) in [6.07, 6.45) is 2.88. The maximum atomic E-state index is 12.1. The Morgan fingerprint density at radius 3 is 2.80 bits per heavy atom. The highest BCUT2D eigenvalue weighted by Gasteiger charge is 2.22. The summed E-state index contributed by atoms with van der Waals surface area (Å²) in [6, 6.07) is 7.20. The van der Waals surface area contributed by atoms with E-state index in [2.05, 4.69) is 10.6 Å². The van der Waals surface area contributed by atoms with Gasteiger partial charge in [0.15, 0.2) is 0 Å². The number of nitrogens with two attached hydrogens (primary N) is 1. The molecule has 0 bridgehead atoms. The van der Waals surface area contributed by atoms with Gasteiger partial charge in [-0.1, -0.05) is 24.3 Å². The van der Waals surface area contributed by atoms with Crippen molar-refractivity contribution in [2.24, 2.45) is 5.73 Å². The molecule has 0 aromatic heterocycles. The van der Waals surface area contributed by atoms with E-state index in [9.17, 15) is 9.59 Å². The second kappa shape index (κ2) is 7.05. The molecule has 108 valence electrons. The molecule has 0 saturated carbocycles. The number of hydrogen-bond acceptors (Lipinski definition) is 3. The molecule has 1 unspecified atom stereocenters. The van der Waals surface area contributed by atoms with Crippen LogP contribution in [0.25, 0.3) is 0 Å². The van der Waals surface area contributed by atoms with Gasteiger partial charge in [0.25, 0.3) is 0 Å². The van der Waals surface area contributed by atoms with Crippen LogP contribution in [0.1, 0.15) is 30.4 Å². The summed E-state index contributed by atoms with van der Waals surface area (Å²) in [5.41, 5.74) is 7.54. The summed E-state index contributed by atoms with van der Waals surface area (Å²) in [5.74, 6) is -0.212. The van der Waals surface area contributed by atoms with Gasteiger partial charge in [0, 0.05) is 13.1 Å². The van der Waals surface area contributed by atoms with E-state index in [4.69, 9.17) is 5.73 Å². The topological polar surface area (TPSA) is 84.2 Å². The number of carbonyl (C=O) groups is 2. The first-order chi connectivity index (χ1) is 9.70. The number of hydrogen-bond donors (Lipinski definition) is 3. The number of nitrogens with one attached hydrogen (secondary N) is 2. The second-order valence-electron chi connectivity index (χ2n) is 5.06. The Morgan fingerprint density at radius 2 is 2.05 bits per heavy atom. The minimum atomic E-state index is -0.407. The van der Waals surface area contributed by atoms with Crippen molar-refractivity contribution in [1.82, 2.24) is 10.6 Å². The van der Waals surface area contributed by atoms with E-state index < -0.39 is 6.04 Å². The fourth-order valence-corrected chi connectivity index (χ4v) is 2.42. The minimum absolute atomic E-state index is 0.0806. The van der Waals surface area contributed by atoms with E-state index in [-0.39, 0.29) is 18.2 Å². The largest absolute Gasteiger partial charge is 0.354 e. The highest BCUT2D eigenvalue weighted by atomic mass is 16.2. The first kappa shape index (κ1) is 14.5. The zero-order chi connectivity index (χ0) is 14.4. The molecule has 2 rings (SSSR count). The summed E-state index contributed by atoms with van der Waals surface area (Å²) in [7, 11) is 0. The molecule has 1 aliphatic heterocycles. The van der Waals surface area contributed by atoms with E-state index in [0.717, 1.165) is 24.0 Å². The van der Waals surface area contributed by atoms with Crippen molar-refractivity contribution in [3.63, 3.8) is 0 Å². The van der Waals surface area contributed by atoms with Crippen LogP contribution < -0.4 is 16.4 Å². The van der Waals surface area contributed by atoms with Gasteiger partial charge in [-0.15, -0.1) is 0 Å². The van der Waals surface area contributed by atoms with Gasteiger partial charge >= 0.3 is 0 Å². The van der Waals surface area contributed by atoms with E-state index in [1.165, 1.54) is 0 Å². The van der Waals surface area contributed by atoms with Crippen LogP contribution in [0.15, 0.2) is 24.3 Å². The Morgan fingerprint density at radius 1 is 1.30 bits per heavy atom. The van der Waals surface area contributed by atoms with Gasteiger partial charge in [0.1, 0.15) is 6.04 Å².